The summed E-state index contributed by atoms with van der Waals surface area (Å²) in [6.07, 6.45) is 4.67. The number of tetrazole rings is 1. The van der Waals surface area contributed by atoms with Gasteiger partial charge in [0.05, 0.1) is 12.3 Å². The summed E-state index contributed by atoms with van der Waals surface area (Å²) in [4.78, 5) is 16.7. The predicted octanol–water partition coefficient (Wildman–Crippen LogP) is 2.61. The fraction of sp³-hybridized carbons (Fsp3) is 0.684. The molecular formula is C19H30N6O2. The summed E-state index contributed by atoms with van der Waals surface area (Å²) in [7, 11) is 0. The van der Waals surface area contributed by atoms with E-state index >= 15 is 0 Å². The van der Waals surface area contributed by atoms with E-state index in [1.807, 2.05) is 9.58 Å². The van der Waals surface area contributed by atoms with Crippen molar-refractivity contribution in [3.63, 3.8) is 0 Å². The third-order valence-electron chi connectivity index (χ3n) is 5.11. The molecule has 0 aliphatic carbocycles. The zero-order valence-electron chi connectivity index (χ0n) is 16.5. The van der Waals surface area contributed by atoms with Crippen LogP contribution in [0.4, 0.5) is 0 Å². The van der Waals surface area contributed by atoms with Crippen LogP contribution >= 0.6 is 0 Å². The highest BCUT2D eigenvalue weighted by atomic mass is 16.3. The van der Waals surface area contributed by atoms with Gasteiger partial charge in [-0.2, -0.15) is 0 Å². The third-order valence-corrected chi connectivity index (χ3v) is 5.11. The van der Waals surface area contributed by atoms with Crippen molar-refractivity contribution in [2.75, 3.05) is 26.2 Å². The van der Waals surface area contributed by atoms with Crippen LogP contribution in [0.25, 0.3) is 0 Å². The van der Waals surface area contributed by atoms with Gasteiger partial charge in [-0.05, 0) is 41.3 Å². The van der Waals surface area contributed by atoms with Crippen LogP contribution in [0, 0.1) is 5.92 Å². The van der Waals surface area contributed by atoms with Gasteiger partial charge >= 0.3 is 0 Å². The number of aryl methyl sites for hydroxylation is 1. The van der Waals surface area contributed by atoms with Crippen LogP contribution in [-0.2, 0) is 6.54 Å². The average molecular weight is 374 g/mol. The molecular weight excluding hydrogens is 344 g/mol. The fourth-order valence-electron chi connectivity index (χ4n) is 3.53. The van der Waals surface area contributed by atoms with Gasteiger partial charge in [-0.15, -0.1) is 5.10 Å². The number of nitrogens with zero attached hydrogens (tertiary/aromatic N) is 6. The monoisotopic (exact) mass is 374 g/mol. The molecule has 2 aromatic heterocycles. The van der Waals surface area contributed by atoms with E-state index in [-0.39, 0.29) is 11.9 Å². The molecule has 0 aromatic carbocycles. The molecule has 1 saturated heterocycles. The quantitative estimate of drug-likeness (QED) is 0.707. The summed E-state index contributed by atoms with van der Waals surface area (Å²) in [5.74, 6) is 1.94. The topological polar surface area (TPSA) is 80.3 Å². The second-order valence-electron chi connectivity index (χ2n) is 7.55. The van der Waals surface area contributed by atoms with Gasteiger partial charge in [-0.3, -0.25) is 9.69 Å². The molecule has 1 fully saturated rings. The minimum atomic E-state index is -0.0338. The minimum Gasteiger partial charge on any atom is -0.459 e. The summed E-state index contributed by atoms with van der Waals surface area (Å²) in [6.45, 7) is 10.5. The standard InChI is InChI=1S/C19H30N6O2/c1-4-6-16(18-20-21-22-25(18)9-8-15(2)3)23-10-12-24(13-11-23)19(26)17-7-5-14-27-17/h5,7,14-16H,4,6,8-13H2,1-3H3/t16-/m1/s1. The summed E-state index contributed by atoms with van der Waals surface area (Å²) in [5.41, 5.74) is 0. The van der Waals surface area contributed by atoms with Crippen molar-refractivity contribution in [3.8, 4) is 0 Å². The third kappa shape index (κ3) is 4.74. The molecule has 1 aliphatic rings. The van der Waals surface area contributed by atoms with Gasteiger partial charge < -0.3 is 9.32 Å². The molecule has 8 nitrogen and oxygen atoms in total. The van der Waals surface area contributed by atoms with Crippen molar-refractivity contribution < 1.29 is 9.21 Å². The molecule has 27 heavy (non-hydrogen) atoms. The van der Waals surface area contributed by atoms with Gasteiger partial charge in [0.2, 0.25) is 0 Å². The first-order valence-electron chi connectivity index (χ1n) is 9.93. The fourth-order valence-corrected chi connectivity index (χ4v) is 3.53. The molecule has 3 rings (SSSR count). The zero-order chi connectivity index (χ0) is 19.2. The van der Waals surface area contributed by atoms with Gasteiger partial charge in [0.1, 0.15) is 0 Å². The molecule has 148 valence electrons. The average Bonchev–Trinajstić information content (AvgIpc) is 3.36. The highest BCUT2D eigenvalue weighted by Crippen LogP contribution is 2.25. The van der Waals surface area contributed by atoms with E-state index in [1.54, 1.807) is 12.1 Å². The van der Waals surface area contributed by atoms with Crippen LogP contribution in [-0.4, -0.2) is 62.1 Å². The first-order valence-corrected chi connectivity index (χ1v) is 9.93. The molecule has 0 unspecified atom stereocenters. The lowest BCUT2D eigenvalue weighted by Gasteiger charge is -2.38. The number of amides is 1. The maximum absolute atomic E-state index is 12.5. The number of rotatable bonds is 8. The molecule has 0 spiro atoms. The van der Waals surface area contributed by atoms with E-state index in [9.17, 15) is 4.79 Å². The molecule has 1 amide bonds. The van der Waals surface area contributed by atoms with Crippen LogP contribution < -0.4 is 0 Å². The Balaban J connectivity index is 1.65. The van der Waals surface area contributed by atoms with E-state index < -0.39 is 0 Å². The summed E-state index contributed by atoms with van der Waals surface area (Å²) in [6, 6.07) is 3.66. The summed E-state index contributed by atoms with van der Waals surface area (Å²) in [5, 5.41) is 12.5. The number of carbonyl (C=O) groups excluding carboxylic acids is 1. The maximum Gasteiger partial charge on any atom is 0.289 e. The Hall–Kier alpha value is -2.22. The van der Waals surface area contributed by atoms with Gasteiger partial charge in [-0.1, -0.05) is 27.2 Å². The Morgan fingerprint density at radius 1 is 1.22 bits per heavy atom. The van der Waals surface area contributed by atoms with Gasteiger partial charge in [0, 0.05) is 32.7 Å². The number of carbonyl (C=O) groups is 1. The van der Waals surface area contributed by atoms with E-state index in [1.165, 1.54) is 6.26 Å². The minimum absolute atomic E-state index is 0.0338. The van der Waals surface area contributed by atoms with Gasteiger partial charge in [0.25, 0.3) is 5.91 Å². The van der Waals surface area contributed by atoms with Crippen molar-refractivity contribution in [1.29, 1.82) is 0 Å². The molecule has 3 heterocycles. The number of hydrogen-bond acceptors (Lipinski definition) is 6. The van der Waals surface area contributed by atoms with E-state index in [4.69, 9.17) is 4.42 Å². The Kier molecular flexibility index (Phi) is 6.60. The summed E-state index contributed by atoms with van der Waals surface area (Å²) < 4.78 is 7.21. The molecule has 2 aromatic rings. The van der Waals surface area contributed by atoms with Crippen LogP contribution in [0.2, 0.25) is 0 Å². The lowest BCUT2D eigenvalue weighted by Crippen LogP contribution is -2.50. The van der Waals surface area contributed by atoms with Crippen LogP contribution in [0.15, 0.2) is 22.8 Å². The highest BCUT2D eigenvalue weighted by Gasteiger charge is 2.30. The van der Waals surface area contributed by atoms with Crippen molar-refractivity contribution in [3.05, 3.63) is 30.0 Å². The van der Waals surface area contributed by atoms with Gasteiger partial charge in [0.15, 0.2) is 11.6 Å². The van der Waals surface area contributed by atoms with E-state index in [2.05, 4.69) is 41.2 Å². The van der Waals surface area contributed by atoms with Crippen molar-refractivity contribution >= 4 is 5.91 Å². The SMILES string of the molecule is CCC[C@H](c1nnnn1CCC(C)C)N1CCN(C(=O)c2ccco2)CC1. The lowest BCUT2D eigenvalue weighted by molar-refractivity contribution is 0.0514. The number of hydrogen-bond donors (Lipinski definition) is 0. The first-order chi connectivity index (χ1) is 13.1. The molecule has 0 saturated carbocycles. The van der Waals surface area contributed by atoms with E-state index in [0.717, 1.165) is 44.7 Å². The first kappa shape index (κ1) is 19.5. The molecule has 0 N–H and O–H groups in total. The van der Waals surface area contributed by atoms with Crippen molar-refractivity contribution in [1.82, 2.24) is 30.0 Å². The Labute approximate surface area is 160 Å². The van der Waals surface area contributed by atoms with Crippen molar-refractivity contribution in [2.24, 2.45) is 5.92 Å². The predicted molar refractivity (Wildman–Crippen MR) is 101 cm³/mol. The molecule has 0 bridgehead atoms. The molecule has 8 heteroatoms. The largest absolute Gasteiger partial charge is 0.459 e. The van der Waals surface area contributed by atoms with Crippen LogP contribution in [0.3, 0.4) is 0 Å². The number of piperazine rings is 1. The Bertz CT molecular complexity index is 704. The van der Waals surface area contributed by atoms with E-state index in [0.29, 0.717) is 24.8 Å². The van der Waals surface area contributed by atoms with Crippen molar-refractivity contribution in [2.45, 2.75) is 52.6 Å². The maximum atomic E-state index is 12.5. The molecule has 0 radical (unpaired) electrons. The second kappa shape index (κ2) is 9.12. The van der Waals surface area contributed by atoms with Crippen LogP contribution in [0.1, 0.15) is 62.5 Å². The normalized spacial score (nSPS) is 16.8. The lowest BCUT2D eigenvalue weighted by atomic mass is 10.1. The number of aromatic nitrogens is 4. The number of furan rings is 1. The van der Waals surface area contributed by atoms with Gasteiger partial charge in [-0.25, -0.2) is 4.68 Å². The van der Waals surface area contributed by atoms with Crippen LogP contribution in [0.5, 0.6) is 0 Å². The smallest absolute Gasteiger partial charge is 0.289 e. The Morgan fingerprint density at radius 2 is 2.00 bits per heavy atom. The second-order valence-corrected chi connectivity index (χ2v) is 7.55. The Morgan fingerprint density at radius 3 is 2.63 bits per heavy atom. The molecule has 1 atom stereocenters. The summed E-state index contributed by atoms with van der Waals surface area (Å²) >= 11 is 0. The molecule has 1 aliphatic heterocycles. The highest BCUT2D eigenvalue weighted by molar-refractivity contribution is 5.91. The zero-order valence-corrected chi connectivity index (χ0v) is 16.5.